The lowest BCUT2D eigenvalue weighted by molar-refractivity contribution is 0.106. The molecule has 2 N–H and O–H groups in total. The number of nitrogen functional groups attached to an aromatic ring is 1. The van der Waals surface area contributed by atoms with Gasteiger partial charge in [0, 0.05) is 19.2 Å². The van der Waals surface area contributed by atoms with Gasteiger partial charge in [0.2, 0.25) is 5.95 Å². The Morgan fingerprint density at radius 1 is 1.47 bits per heavy atom. The van der Waals surface area contributed by atoms with Crippen molar-refractivity contribution in [3.63, 3.8) is 0 Å². The lowest BCUT2D eigenvalue weighted by Crippen LogP contribution is -2.11. The van der Waals surface area contributed by atoms with Crippen molar-refractivity contribution in [1.82, 2.24) is 9.55 Å². The van der Waals surface area contributed by atoms with Crippen LogP contribution in [0, 0.1) is 5.82 Å². The standard InChI is InChI=1S/C13H15ClFN3O/c1-19-8-3-2-7(4-8)18-12-5-9(14)10(15)6-11(12)17-13(18)16/h5-8H,2-4H2,1H3,(H2,16,17). The number of halogens is 2. The number of anilines is 1. The highest BCUT2D eigenvalue weighted by atomic mass is 35.5. The molecule has 1 aromatic heterocycles. The van der Waals surface area contributed by atoms with Gasteiger partial charge in [0.05, 0.1) is 22.2 Å². The molecule has 2 aromatic rings. The molecule has 1 aromatic carbocycles. The number of fused-ring (bicyclic) bond motifs is 1. The molecular weight excluding hydrogens is 269 g/mol. The van der Waals surface area contributed by atoms with Crippen LogP contribution in [0.15, 0.2) is 12.1 Å². The SMILES string of the molecule is COC1CCC(n2c(N)nc3cc(F)c(Cl)cc32)C1. The molecule has 0 bridgehead atoms. The highest BCUT2D eigenvalue weighted by Crippen LogP contribution is 2.36. The molecule has 0 saturated heterocycles. The molecule has 0 radical (unpaired) electrons. The Balaban J connectivity index is 2.08. The van der Waals surface area contributed by atoms with Crippen LogP contribution in [0.5, 0.6) is 0 Å². The van der Waals surface area contributed by atoms with E-state index in [0.29, 0.717) is 11.5 Å². The monoisotopic (exact) mass is 283 g/mol. The van der Waals surface area contributed by atoms with Crippen LogP contribution in [0.1, 0.15) is 25.3 Å². The summed E-state index contributed by atoms with van der Waals surface area (Å²) >= 11 is 5.85. The summed E-state index contributed by atoms with van der Waals surface area (Å²) in [6, 6.07) is 3.15. The van der Waals surface area contributed by atoms with E-state index in [2.05, 4.69) is 4.98 Å². The zero-order chi connectivity index (χ0) is 13.6. The van der Waals surface area contributed by atoms with E-state index in [-0.39, 0.29) is 17.2 Å². The van der Waals surface area contributed by atoms with Crippen LogP contribution in [0.3, 0.4) is 0 Å². The van der Waals surface area contributed by atoms with Crippen LogP contribution in [0.2, 0.25) is 5.02 Å². The van der Waals surface area contributed by atoms with Crippen molar-refractivity contribution in [1.29, 1.82) is 0 Å². The largest absolute Gasteiger partial charge is 0.381 e. The summed E-state index contributed by atoms with van der Waals surface area (Å²) in [6.45, 7) is 0. The molecule has 1 fully saturated rings. The van der Waals surface area contributed by atoms with Gasteiger partial charge in [0.1, 0.15) is 5.82 Å². The number of hydrogen-bond acceptors (Lipinski definition) is 3. The first kappa shape index (κ1) is 12.7. The number of aromatic nitrogens is 2. The van der Waals surface area contributed by atoms with Crippen molar-refractivity contribution in [2.45, 2.75) is 31.4 Å². The van der Waals surface area contributed by atoms with Crippen molar-refractivity contribution in [3.05, 3.63) is 23.0 Å². The first-order valence-corrected chi connectivity index (χ1v) is 6.63. The van der Waals surface area contributed by atoms with Crippen LogP contribution >= 0.6 is 11.6 Å². The molecule has 0 spiro atoms. The van der Waals surface area contributed by atoms with Gasteiger partial charge in [-0.05, 0) is 25.3 Å². The van der Waals surface area contributed by atoms with Gasteiger partial charge in [-0.3, -0.25) is 0 Å². The summed E-state index contributed by atoms with van der Waals surface area (Å²) in [7, 11) is 1.72. The molecule has 0 aliphatic heterocycles. The second-order valence-electron chi connectivity index (χ2n) is 4.92. The van der Waals surface area contributed by atoms with Gasteiger partial charge >= 0.3 is 0 Å². The third kappa shape index (κ3) is 2.07. The summed E-state index contributed by atoms with van der Waals surface area (Å²) < 4.78 is 20.8. The molecule has 2 unspecified atom stereocenters. The predicted octanol–water partition coefficient (Wildman–Crippen LogP) is 3.15. The molecule has 4 nitrogen and oxygen atoms in total. The quantitative estimate of drug-likeness (QED) is 0.921. The maximum atomic E-state index is 13.4. The van der Waals surface area contributed by atoms with E-state index in [4.69, 9.17) is 22.1 Å². The van der Waals surface area contributed by atoms with Crippen molar-refractivity contribution in [3.8, 4) is 0 Å². The maximum absolute atomic E-state index is 13.4. The van der Waals surface area contributed by atoms with E-state index in [9.17, 15) is 4.39 Å². The van der Waals surface area contributed by atoms with Crippen molar-refractivity contribution < 1.29 is 9.13 Å². The second kappa shape index (κ2) is 4.65. The first-order valence-electron chi connectivity index (χ1n) is 6.25. The maximum Gasteiger partial charge on any atom is 0.201 e. The number of methoxy groups -OCH3 is 1. The Morgan fingerprint density at radius 2 is 2.26 bits per heavy atom. The van der Waals surface area contributed by atoms with E-state index < -0.39 is 5.82 Å². The van der Waals surface area contributed by atoms with E-state index in [1.54, 1.807) is 13.2 Å². The summed E-state index contributed by atoms with van der Waals surface area (Å²) in [5.41, 5.74) is 7.29. The Kier molecular flexibility index (Phi) is 3.11. The van der Waals surface area contributed by atoms with E-state index >= 15 is 0 Å². The summed E-state index contributed by atoms with van der Waals surface area (Å²) in [5, 5.41) is 0.0925. The Morgan fingerprint density at radius 3 is 2.95 bits per heavy atom. The molecule has 102 valence electrons. The molecule has 2 atom stereocenters. The lowest BCUT2D eigenvalue weighted by atomic mass is 10.2. The van der Waals surface area contributed by atoms with Crippen LogP contribution in [-0.2, 0) is 4.74 Å². The first-order chi connectivity index (χ1) is 9.10. The fraction of sp³-hybridized carbons (Fsp3) is 0.462. The number of nitrogens with two attached hydrogens (primary N) is 1. The Bertz CT molecular complexity index is 628. The normalized spacial score (nSPS) is 23.3. The van der Waals surface area contributed by atoms with Crippen molar-refractivity contribution in [2.24, 2.45) is 0 Å². The average molecular weight is 284 g/mol. The van der Waals surface area contributed by atoms with Gasteiger partial charge in [-0.15, -0.1) is 0 Å². The summed E-state index contributed by atoms with van der Waals surface area (Å²) in [5.74, 6) is -0.0709. The molecule has 6 heteroatoms. The molecular formula is C13H15ClFN3O. The van der Waals surface area contributed by atoms with E-state index in [1.165, 1.54) is 6.07 Å². The van der Waals surface area contributed by atoms with Gasteiger partial charge in [0.25, 0.3) is 0 Å². The summed E-state index contributed by atoms with van der Waals surface area (Å²) in [6.07, 6.45) is 3.11. The van der Waals surface area contributed by atoms with Crippen LogP contribution in [0.4, 0.5) is 10.3 Å². The lowest BCUT2D eigenvalue weighted by Gasteiger charge is -2.15. The van der Waals surface area contributed by atoms with Gasteiger partial charge < -0.3 is 15.0 Å². The number of imidazole rings is 1. The van der Waals surface area contributed by atoms with Crippen molar-refractivity contribution >= 4 is 28.6 Å². The average Bonchev–Trinajstić information content (AvgIpc) is 2.94. The third-order valence-corrected chi connectivity index (χ3v) is 4.10. The minimum atomic E-state index is -0.472. The minimum absolute atomic E-state index is 0.0925. The van der Waals surface area contributed by atoms with Gasteiger partial charge in [-0.2, -0.15) is 0 Å². The van der Waals surface area contributed by atoms with Crippen LogP contribution < -0.4 is 5.73 Å². The Labute approximate surface area is 115 Å². The van der Waals surface area contributed by atoms with Gasteiger partial charge in [-0.1, -0.05) is 11.6 Å². The molecule has 3 rings (SSSR count). The smallest absolute Gasteiger partial charge is 0.201 e. The van der Waals surface area contributed by atoms with Crippen molar-refractivity contribution in [2.75, 3.05) is 12.8 Å². The number of hydrogen-bond donors (Lipinski definition) is 1. The third-order valence-electron chi connectivity index (χ3n) is 3.81. The highest BCUT2D eigenvalue weighted by Gasteiger charge is 2.28. The number of ether oxygens (including phenoxy) is 1. The topological polar surface area (TPSA) is 53.1 Å². The minimum Gasteiger partial charge on any atom is -0.381 e. The number of rotatable bonds is 2. The molecule has 1 saturated carbocycles. The molecule has 0 amide bonds. The zero-order valence-electron chi connectivity index (χ0n) is 10.6. The molecule has 1 heterocycles. The Hall–Kier alpha value is -1.33. The zero-order valence-corrected chi connectivity index (χ0v) is 11.3. The van der Waals surface area contributed by atoms with E-state index in [1.807, 2.05) is 4.57 Å². The second-order valence-corrected chi connectivity index (χ2v) is 5.33. The van der Waals surface area contributed by atoms with Crippen LogP contribution in [0.25, 0.3) is 11.0 Å². The highest BCUT2D eigenvalue weighted by molar-refractivity contribution is 6.31. The number of benzene rings is 1. The van der Waals surface area contributed by atoms with Gasteiger partial charge in [0.15, 0.2) is 0 Å². The van der Waals surface area contributed by atoms with Crippen LogP contribution in [-0.4, -0.2) is 22.8 Å². The number of nitrogens with zero attached hydrogens (tertiary/aromatic N) is 2. The fourth-order valence-electron chi connectivity index (χ4n) is 2.86. The molecule has 1 aliphatic carbocycles. The van der Waals surface area contributed by atoms with E-state index in [0.717, 1.165) is 24.8 Å². The predicted molar refractivity (Wildman–Crippen MR) is 72.8 cm³/mol. The van der Waals surface area contributed by atoms with Gasteiger partial charge in [-0.25, -0.2) is 9.37 Å². The fourth-order valence-corrected chi connectivity index (χ4v) is 3.02. The summed E-state index contributed by atoms with van der Waals surface area (Å²) in [4.78, 5) is 4.21. The molecule has 19 heavy (non-hydrogen) atoms. The molecule has 1 aliphatic rings.